The van der Waals surface area contributed by atoms with E-state index >= 15 is 0 Å². The Bertz CT molecular complexity index is 620. The number of likely N-dealkylation sites (tertiary alicyclic amines) is 1. The molecule has 1 amide bonds. The van der Waals surface area contributed by atoms with E-state index in [1.54, 1.807) is 0 Å². The van der Waals surface area contributed by atoms with Crippen LogP contribution in [0.25, 0.3) is 0 Å². The Morgan fingerprint density at radius 1 is 1.00 bits per heavy atom. The van der Waals surface area contributed by atoms with Gasteiger partial charge in [0.15, 0.2) is 5.96 Å². The molecule has 0 aromatic heterocycles. The third kappa shape index (κ3) is 6.57. The predicted molar refractivity (Wildman–Crippen MR) is 137 cm³/mol. The van der Waals surface area contributed by atoms with Crippen LogP contribution in [-0.4, -0.2) is 110 Å². The number of nitrogens with one attached hydrogen (secondary N) is 1. The zero-order valence-electron chi connectivity index (χ0n) is 19.2. The molecule has 0 spiro atoms. The quantitative estimate of drug-likeness (QED) is 0.240. The summed E-state index contributed by atoms with van der Waals surface area (Å²) >= 11 is 0. The van der Waals surface area contributed by atoms with Gasteiger partial charge in [0.1, 0.15) is 0 Å². The van der Waals surface area contributed by atoms with Crippen LogP contribution in [0.15, 0.2) is 17.1 Å². The fraction of sp³-hybridized carbons (Fsp3) is 0.826. The highest BCUT2D eigenvalue weighted by Crippen LogP contribution is 2.27. The number of rotatable bonds is 6. The fourth-order valence-corrected chi connectivity index (χ4v) is 5.37. The molecular weight excluding hydrogens is 503 g/mol. The summed E-state index contributed by atoms with van der Waals surface area (Å²) in [5.41, 5.74) is 0. The molecule has 3 heterocycles. The highest BCUT2D eigenvalue weighted by atomic mass is 127. The number of hydrogen-bond acceptors (Lipinski definition) is 4. The zero-order valence-corrected chi connectivity index (χ0v) is 21.5. The minimum Gasteiger partial charge on any atom is -0.357 e. The van der Waals surface area contributed by atoms with Gasteiger partial charge >= 0.3 is 0 Å². The van der Waals surface area contributed by atoms with Gasteiger partial charge in [0.05, 0.1) is 6.54 Å². The molecule has 4 aliphatic rings. The van der Waals surface area contributed by atoms with Crippen molar-refractivity contribution in [3.63, 3.8) is 0 Å². The van der Waals surface area contributed by atoms with Crippen LogP contribution in [0.4, 0.5) is 0 Å². The average Bonchev–Trinajstić information content (AvgIpc) is 3.55. The van der Waals surface area contributed by atoms with E-state index in [2.05, 4.69) is 44.0 Å². The predicted octanol–water partition coefficient (Wildman–Crippen LogP) is 1.85. The molecule has 1 saturated carbocycles. The van der Waals surface area contributed by atoms with Crippen LogP contribution >= 0.6 is 24.0 Å². The number of nitrogens with zero attached hydrogens (tertiary/aromatic N) is 5. The number of carbonyl (C=O) groups excluding carboxylic acids is 1. The molecule has 0 aromatic rings. The maximum absolute atomic E-state index is 12.6. The maximum Gasteiger partial charge on any atom is 0.225 e. The maximum atomic E-state index is 12.6. The second kappa shape index (κ2) is 12.4. The van der Waals surface area contributed by atoms with Gasteiger partial charge in [-0.3, -0.25) is 19.6 Å². The molecule has 176 valence electrons. The number of hydrogen-bond donors (Lipinski definition) is 1. The van der Waals surface area contributed by atoms with E-state index < -0.39 is 0 Å². The summed E-state index contributed by atoms with van der Waals surface area (Å²) in [6.07, 6.45) is 10.5. The number of aliphatic imine (C=N–C) groups is 1. The smallest absolute Gasteiger partial charge is 0.225 e. The normalized spacial score (nSPS) is 26.0. The Balaban J connectivity index is 0.00000272. The van der Waals surface area contributed by atoms with Crippen molar-refractivity contribution in [3.05, 3.63) is 12.2 Å². The van der Waals surface area contributed by atoms with Crippen LogP contribution in [0.1, 0.15) is 39.0 Å². The highest BCUT2D eigenvalue weighted by molar-refractivity contribution is 14.0. The Morgan fingerprint density at radius 2 is 1.71 bits per heavy atom. The molecule has 4 rings (SSSR count). The highest BCUT2D eigenvalue weighted by Gasteiger charge is 2.30. The summed E-state index contributed by atoms with van der Waals surface area (Å²) in [7, 11) is 0. The summed E-state index contributed by atoms with van der Waals surface area (Å²) in [5, 5.41) is 3.50. The van der Waals surface area contributed by atoms with E-state index in [0.717, 1.165) is 90.8 Å². The molecule has 31 heavy (non-hydrogen) atoms. The van der Waals surface area contributed by atoms with E-state index in [9.17, 15) is 4.79 Å². The number of carbonyl (C=O) groups is 1. The molecule has 1 N–H and O–H groups in total. The monoisotopic (exact) mass is 544 g/mol. The van der Waals surface area contributed by atoms with Gasteiger partial charge in [-0.15, -0.1) is 24.0 Å². The minimum atomic E-state index is 0. The Hall–Kier alpha value is -0.870. The van der Waals surface area contributed by atoms with Crippen LogP contribution in [0.2, 0.25) is 0 Å². The van der Waals surface area contributed by atoms with E-state index in [-0.39, 0.29) is 24.0 Å². The van der Waals surface area contributed by atoms with Crippen molar-refractivity contribution in [1.82, 2.24) is 24.9 Å². The molecule has 1 aliphatic carbocycles. The molecule has 0 aromatic carbocycles. The van der Waals surface area contributed by atoms with E-state index in [1.165, 1.54) is 19.3 Å². The molecule has 3 fully saturated rings. The molecule has 7 nitrogen and oxygen atoms in total. The molecule has 1 unspecified atom stereocenters. The topological polar surface area (TPSA) is 54.4 Å². The molecule has 1 atom stereocenters. The second-order valence-corrected chi connectivity index (χ2v) is 9.20. The van der Waals surface area contributed by atoms with Crippen molar-refractivity contribution in [2.24, 2.45) is 10.9 Å². The lowest BCUT2D eigenvalue weighted by Crippen LogP contribution is -2.50. The van der Waals surface area contributed by atoms with E-state index in [1.807, 2.05) is 0 Å². The minimum absolute atomic E-state index is 0. The van der Waals surface area contributed by atoms with E-state index in [4.69, 9.17) is 4.99 Å². The summed E-state index contributed by atoms with van der Waals surface area (Å²) in [6.45, 7) is 13.0. The number of guanidine groups is 1. The summed E-state index contributed by atoms with van der Waals surface area (Å²) < 4.78 is 0. The third-order valence-corrected chi connectivity index (χ3v) is 7.23. The third-order valence-electron chi connectivity index (χ3n) is 7.23. The van der Waals surface area contributed by atoms with Crippen molar-refractivity contribution < 1.29 is 4.79 Å². The van der Waals surface area contributed by atoms with Crippen LogP contribution in [0.3, 0.4) is 0 Å². The summed E-state index contributed by atoms with van der Waals surface area (Å²) in [6, 6.07) is 0.648. The van der Waals surface area contributed by atoms with Crippen molar-refractivity contribution in [2.75, 3.05) is 72.0 Å². The fourth-order valence-electron chi connectivity index (χ4n) is 5.37. The Kier molecular flexibility index (Phi) is 9.90. The Morgan fingerprint density at radius 3 is 2.39 bits per heavy atom. The molecule has 3 aliphatic heterocycles. The lowest BCUT2D eigenvalue weighted by Gasteiger charge is -2.35. The molecule has 2 saturated heterocycles. The largest absolute Gasteiger partial charge is 0.357 e. The summed E-state index contributed by atoms with van der Waals surface area (Å²) in [4.78, 5) is 27.1. The molecule has 8 heteroatoms. The van der Waals surface area contributed by atoms with Gasteiger partial charge in [0, 0.05) is 77.4 Å². The number of piperazine rings is 1. The van der Waals surface area contributed by atoms with Gasteiger partial charge in [0.25, 0.3) is 0 Å². The first kappa shape index (κ1) is 24.8. The second-order valence-electron chi connectivity index (χ2n) is 9.20. The van der Waals surface area contributed by atoms with Gasteiger partial charge in [-0.05, 0) is 26.2 Å². The first-order valence-electron chi connectivity index (χ1n) is 12.2. The molecule has 0 radical (unpaired) electrons. The zero-order chi connectivity index (χ0) is 20.8. The Labute approximate surface area is 205 Å². The molecule has 0 bridgehead atoms. The molecular formula is C23H41IN6O. The number of amides is 1. The van der Waals surface area contributed by atoms with Gasteiger partial charge < -0.3 is 15.1 Å². The van der Waals surface area contributed by atoms with Crippen LogP contribution in [0, 0.1) is 5.92 Å². The standard InChI is InChI=1S/C23H40N6O.HI/c1-2-24-23(29-13-9-21(19-29)27-11-5-6-12-27)25-10-14-26-15-17-28(18-16-26)22(30)20-7-3-4-8-20;/h5-6,20-21H,2-4,7-19H2,1H3,(H,24,25);1H. The van der Waals surface area contributed by atoms with Gasteiger partial charge in [0.2, 0.25) is 5.91 Å². The average molecular weight is 545 g/mol. The van der Waals surface area contributed by atoms with Crippen molar-refractivity contribution in [1.29, 1.82) is 0 Å². The lowest BCUT2D eigenvalue weighted by atomic mass is 10.1. The SMILES string of the molecule is CCNC(=NCCN1CCN(C(=O)C2CCCC2)CC1)N1CCC(N2CC=CC2)C1.I. The van der Waals surface area contributed by atoms with Gasteiger partial charge in [-0.2, -0.15) is 0 Å². The summed E-state index contributed by atoms with van der Waals surface area (Å²) in [5.74, 6) is 1.79. The van der Waals surface area contributed by atoms with Crippen molar-refractivity contribution in [3.8, 4) is 0 Å². The number of halogens is 1. The van der Waals surface area contributed by atoms with Crippen LogP contribution in [-0.2, 0) is 4.79 Å². The first-order chi connectivity index (χ1) is 14.7. The first-order valence-corrected chi connectivity index (χ1v) is 12.2. The van der Waals surface area contributed by atoms with Gasteiger partial charge in [-0.1, -0.05) is 25.0 Å². The van der Waals surface area contributed by atoms with Gasteiger partial charge in [-0.25, -0.2) is 0 Å². The van der Waals surface area contributed by atoms with Crippen LogP contribution in [0.5, 0.6) is 0 Å². The van der Waals surface area contributed by atoms with Crippen molar-refractivity contribution >= 4 is 35.8 Å². The van der Waals surface area contributed by atoms with Crippen LogP contribution < -0.4 is 5.32 Å². The van der Waals surface area contributed by atoms with E-state index in [0.29, 0.717) is 17.9 Å². The van der Waals surface area contributed by atoms with Crippen molar-refractivity contribution in [2.45, 2.75) is 45.1 Å². The lowest BCUT2D eigenvalue weighted by molar-refractivity contribution is -0.137.